The van der Waals surface area contributed by atoms with Crippen LogP contribution >= 0.6 is 11.6 Å². The van der Waals surface area contributed by atoms with Crippen molar-refractivity contribution in [3.63, 3.8) is 0 Å². The fraction of sp³-hybridized carbons (Fsp3) is 0. The van der Waals surface area contributed by atoms with E-state index in [0.717, 1.165) is 0 Å². The maximum absolute atomic E-state index is 13.4. The average Bonchev–Trinajstić information content (AvgIpc) is 2.17. The van der Waals surface area contributed by atoms with Crippen molar-refractivity contribution < 1.29 is 8.78 Å². The van der Waals surface area contributed by atoms with Crippen molar-refractivity contribution in [2.24, 2.45) is 0 Å². The number of hydrogen-bond donors (Lipinski definition) is 0. The van der Waals surface area contributed by atoms with Crippen LogP contribution in [0.2, 0.25) is 5.02 Å². The highest BCUT2D eigenvalue weighted by atomic mass is 35.5. The molecule has 1 radical (unpaired) electrons. The first-order valence-electron chi connectivity index (χ1n) is 4.30. The van der Waals surface area contributed by atoms with Crippen molar-refractivity contribution in [2.75, 3.05) is 0 Å². The minimum atomic E-state index is -0.617. The Hall–Kier alpha value is -1.41. The largest absolute Gasteiger partial charge is 0.206 e. The van der Waals surface area contributed by atoms with Gasteiger partial charge in [0.2, 0.25) is 0 Å². The smallest absolute Gasteiger partial charge is 0.133 e. The van der Waals surface area contributed by atoms with Crippen molar-refractivity contribution in [3.05, 3.63) is 59.1 Å². The third kappa shape index (κ3) is 2.00. The van der Waals surface area contributed by atoms with E-state index in [0.29, 0.717) is 10.6 Å². The quantitative estimate of drug-likeness (QED) is 0.683. The van der Waals surface area contributed by atoms with E-state index in [2.05, 4.69) is 6.07 Å². The van der Waals surface area contributed by atoms with Gasteiger partial charge in [0.1, 0.15) is 11.6 Å². The van der Waals surface area contributed by atoms with Crippen molar-refractivity contribution in [3.8, 4) is 11.1 Å². The molecular formula is C12H6ClF2. The lowest BCUT2D eigenvalue weighted by molar-refractivity contribution is 0.589. The van der Waals surface area contributed by atoms with Crippen molar-refractivity contribution in [2.45, 2.75) is 0 Å². The van der Waals surface area contributed by atoms with Crippen LogP contribution < -0.4 is 0 Å². The summed E-state index contributed by atoms with van der Waals surface area (Å²) in [4.78, 5) is 0. The molecule has 3 heteroatoms. The number of benzene rings is 2. The Morgan fingerprint density at radius 1 is 1.07 bits per heavy atom. The molecule has 0 aliphatic carbocycles. The van der Waals surface area contributed by atoms with Gasteiger partial charge in [-0.25, -0.2) is 8.78 Å². The summed E-state index contributed by atoms with van der Waals surface area (Å²) < 4.78 is 26.7. The Kier molecular flexibility index (Phi) is 2.69. The lowest BCUT2D eigenvalue weighted by Gasteiger charge is -2.04. The van der Waals surface area contributed by atoms with Crippen LogP contribution in [0.4, 0.5) is 8.78 Å². The Labute approximate surface area is 91.1 Å². The van der Waals surface area contributed by atoms with E-state index in [1.807, 2.05) is 0 Å². The minimum absolute atomic E-state index is 0.0972. The first-order chi connectivity index (χ1) is 7.18. The zero-order chi connectivity index (χ0) is 10.8. The third-order valence-corrected chi connectivity index (χ3v) is 2.23. The molecule has 0 atom stereocenters. The van der Waals surface area contributed by atoms with Gasteiger partial charge in [0, 0.05) is 5.02 Å². The molecule has 2 aromatic carbocycles. The Morgan fingerprint density at radius 2 is 1.73 bits per heavy atom. The summed E-state index contributed by atoms with van der Waals surface area (Å²) in [5, 5.41) is 0.423. The minimum Gasteiger partial charge on any atom is -0.206 e. The maximum atomic E-state index is 13.4. The van der Waals surface area contributed by atoms with E-state index < -0.39 is 11.6 Å². The van der Waals surface area contributed by atoms with Crippen molar-refractivity contribution >= 4 is 11.6 Å². The molecule has 0 aromatic heterocycles. The Bertz CT molecular complexity index is 474. The average molecular weight is 224 g/mol. The topological polar surface area (TPSA) is 0 Å². The third-order valence-electron chi connectivity index (χ3n) is 2.00. The van der Waals surface area contributed by atoms with E-state index >= 15 is 0 Å². The second-order valence-corrected chi connectivity index (χ2v) is 3.45. The van der Waals surface area contributed by atoms with Crippen LogP contribution in [0.25, 0.3) is 11.1 Å². The molecule has 0 bridgehead atoms. The standard InChI is InChI=1S/C12H6ClF2/c13-9-4-1-3-8(7-9)12-10(14)5-2-6-11(12)15/h1-2,4-7H. The van der Waals surface area contributed by atoms with Gasteiger partial charge >= 0.3 is 0 Å². The molecule has 0 amide bonds. The second-order valence-electron chi connectivity index (χ2n) is 3.02. The lowest BCUT2D eigenvalue weighted by atomic mass is 10.0. The SMILES string of the molecule is Fc1cccc(F)c1-c1[c]ccc(Cl)c1. The van der Waals surface area contributed by atoms with Crippen LogP contribution in [-0.2, 0) is 0 Å². The maximum Gasteiger partial charge on any atom is 0.133 e. The van der Waals surface area contributed by atoms with E-state index in [1.165, 1.54) is 30.3 Å². The summed E-state index contributed by atoms with van der Waals surface area (Å²) in [7, 11) is 0. The summed E-state index contributed by atoms with van der Waals surface area (Å²) in [6.07, 6.45) is 0. The van der Waals surface area contributed by atoms with Gasteiger partial charge in [0.25, 0.3) is 0 Å². The fourth-order valence-electron chi connectivity index (χ4n) is 1.34. The zero-order valence-corrected chi connectivity index (χ0v) is 8.35. The highest BCUT2D eigenvalue weighted by Crippen LogP contribution is 2.27. The van der Waals surface area contributed by atoms with Gasteiger partial charge < -0.3 is 0 Å². The monoisotopic (exact) mass is 223 g/mol. The van der Waals surface area contributed by atoms with Crippen molar-refractivity contribution in [1.82, 2.24) is 0 Å². The molecule has 0 nitrogen and oxygen atoms in total. The van der Waals surface area contributed by atoms with Gasteiger partial charge in [-0.05, 0) is 35.9 Å². The predicted molar refractivity (Wildman–Crippen MR) is 55.6 cm³/mol. The van der Waals surface area contributed by atoms with Gasteiger partial charge in [0.15, 0.2) is 0 Å². The summed E-state index contributed by atoms with van der Waals surface area (Å²) in [6.45, 7) is 0. The fourth-order valence-corrected chi connectivity index (χ4v) is 1.51. The van der Waals surface area contributed by atoms with E-state index in [-0.39, 0.29) is 5.56 Å². The molecule has 15 heavy (non-hydrogen) atoms. The van der Waals surface area contributed by atoms with Crippen LogP contribution in [0.3, 0.4) is 0 Å². The highest BCUT2D eigenvalue weighted by Gasteiger charge is 2.10. The predicted octanol–water partition coefficient (Wildman–Crippen LogP) is 4.09. The zero-order valence-electron chi connectivity index (χ0n) is 7.60. The molecule has 0 fully saturated rings. The van der Waals surface area contributed by atoms with Gasteiger partial charge in [-0.15, -0.1) is 0 Å². The number of hydrogen-bond acceptors (Lipinski definition) is 0. The van der Waals surface area contributed by atoms with Gasteiger partial charge in [-0.3, -0.25) is 0 Å². The molecule has 0 aliphatic heterocycles. The molecule has 0 heterocycles. The molecular weight excluding hydrogens is 218 g/mol. The van der Waals surface area contributed by atoms with E-state index in [9.17, 15) is 8.78 Å². The van der Waals surface area contributed by atoms with Crippen LogP contribution in [-0.4, -0.2) is 0 Å². The molecule has 0 aliphatic rings. The van der Waals surface area contributed by atoms with Crippen LogP contribution in [0.5, 0.6) is 0 Å². The molecule has 0 saturated carbocycles. The molecule has 2 rings (SSSR count). The van der Waals surface area contributed by atoms with Gasteiger partial charge in [0.05, 0.1) is 5.56 Å². The van der Waals surface area contributed by atoms with Crippen LogP contribution in [0.15, 0.2) is 36.4 Å². The molecule has 0 spiro atoms. The van der Waals surface area contributed by atoms with Gasteiger partial charge in [-0.1, -0.05) is 23.7 Å². The van der Waals surface area contributed by atoms with E-state index in [4.69, 9.17) is 11.6 Å². The Balaban J connectivity index is 2.63. The molecule has 2 aromatic rings. The number of rotatable bonds is 1. The molecule has 75 valence electrons. The molecule has 0 saturated heterocycles. The molecule has 0 unspecified atom stereocenters. The van der Waals surface area contributed by atoms with E-state index in [1.54, 1.807) is 6.07 Å². The van der Waals surface area contributed by atoms with Crippen LogP contribution in [0, 0.1) is 17.7 Å². The lowest BCUT2D eigenvalue weighted by Crippen LogP contribution is -1.89. The van der Waals surface area contributed by atoms with Crippen LogP contribution in [0.1, 0.15) is 0 Å². The van der Waals surface area contributed by atoms with Gasteiger partial charge in [-0.2, -0.15) is 0 Å². The summed E-state index contributed by atoms with van der Waals surface area (Å²) in [6, 6.07) is 11.1. The normalized spacial score (nSPS) is 10.3. The highest BCUT2D eigenvalue weighted by molar-refractivity contribution is 6.30. The summed E-state index contributed by atoms with van der Waals surface area (Å²) >= 11 is 5.73. The summed E-state index contributed by atoms with van der Waals surface area (Å²) in [5.41, 5.74) is 0.220. The second kappa shape index (κ2) is 3.99. The Morgan fingerprint density at radius 3 is 2.33 bits per heavy atom. The first-order valence-corrected chi connectivity index (χ1v) is 4.68. The van der Waals surface area contributed by atoms with Crippen molar-refractivity contribution in [1.29, 1.82) is 0 Å². The number of halogens is 3. The first kappa shape index (κ1) is 10.1. The summed E-state index contributed by atoms with van der Waals surface area (Å²) in [5.74, 6) is -1.23. The molecule has 0 N–H and O–H groups in total.